The Bertz CT molecular complexity index is 349. The molecule has 0 radical (unpaired) electrons. The van der Waals surface area contributed by atoms with Crippen molar-refractivity contribution >= 4 is 23.5 Å². The van der Waals surface area contributed by atoms with Crippen LogP contribution < -0.4 is 5.73 Å². The van der Waals surface area contributed by atoms with Crippen molar-refractivity contribution in [3.8, 4) is 0 Å². The van der Waals surface area contributed by atoms with Gasteiger partial charge in [0.15, 0.2) is 0 Å². The van der Waals surface area contributed by atoms with Gasteiger partial charge >= 0.3 is 5.97 Å². The molecule has 0 spiro atoms. The standard InChI is InChI=1S/C8H13N3O2S/c1-3-4-11-6(9)5(8(12)13)7(10-11)14-2/h3-4,9H2,1-2H3,(H,12,13). The largest absolute Gasteiger partial charge is 0.477 e. The number of nitrogen functional groups attached to an aromatic ring is 1. The van der Waals surface area contributed by atoms with Crippen LogP contribution >= 0.6 is 11.8 Å². The second-order valence-electron chi connectivity index (χ2n) is 2.80. The summed E-state index contributed by atoms with van der Waals surface area (Å²) in [5, 5.41) is 13.5. The minimum Gasteiger partial charge on any atom is -0.477 e. The summed E-state index contributed by atoms with van der Waals surface area (Å²) in [5.74, 6) is -0.780. The van der Waals surface area contributed by atoms with Gasteiger partial charge in [-0.2, -0.15) is 5.10 Å². The number of carboxylic acid groups (broad SMARTS) is 1. The molecule has 0 saturated heterocycles. The van der Waals surface area contributed by atoms with Gasteiger partial charge in [0.05, 0.1) is 0 Å². The van der Waals surface area contributed by atoms with E-state index in [1.165, 1.54) is 16.4 Å². The number of rotatable bonds is 4. The van der Waals surface area contributed by atoms with Crippen molar-refractivity contribution in [2.75, 3.05) is 12.0 Å². The van der Waals surface area contributed by atoms with Crippen LogP contribution in [0.15, 0.2) is 5.03 Å². The lowest BCUT2D eigenvalue weighted by Crippen LogP contribution is -2.07. The van der Waals surface area contributed by atoms with Gasteiger partial charge in [-0.05, 0) is 12.7 Å². The highest BCUT2D eigenvalue weighted by Gasteiger charge is 2.20. The predicted octanol–water partition coefficient (Wildman–Crippen LogP) is 1.30. The first-order valence-electron chi connectivity index (χ1n) is 4.25. The maximum atomic E-state index is 10.9. The number of thioether (sulfide) groups is 1. The average molecular weight is 215 g/mol. The quantitative estimate of drug-likeness (QED) is 0.740. The van der Waals surface area contributed by atoms with E-state index >= 15 is 0 Å². The van der Waals surface area contributed by atoms with Crippen molar-refractivity contribution in [3.05, 3.63) is 5.56 Å². The van der Waals surface area contributed by atoms with E-state index in [4.69, 9.17) is 10.8 Å². The molecule has 0 unspecified atom stereocenters. The molecule has 5 nitrogen and oxygen atoms in total. The second kappa shape index (κ2) is 4.36. The molecule has 1 rings (SSSR count). The molecule has 0 aliphatic heterocycles. The fraction of sp³-hybridized carbons (Fsp3) is 0.500. The normalized spacial score (nSPS) is 10.4. The van der Waals surface area contributed by atoms with Crippen LogP contribution in [-0.2, 0) is 6.54 Å². The van der Waals surface area contributed by atoms with E-state index in [1.807, 2.05) is 6.92 Å². The zero-order chi connectivity index (χ0) is 10.7. The first-order valence-corrected chi connectivity index (χ1v) is 5.47. The second-order valence-corrected chi connectivity index (χ2v) is 3.59. The number of aromatic carboxylic acids is 1. The molecule has 14 heavy (non-hydrogen) atoms. The number of carboxylic acids is 1. The highest BCUT2D eigenvalue weighted by atomic mass is 32.2. The molecule has 1 heterocycles. The van der Waals surface area contributed by atoms with Gasteiger partial charge < -0.3 is 10.8 Å². The molecule has 0 aliphatic carbocycles. The molecule has 0 bridgehead atoms. The van der Waals surface area contributed by atoms with Crippen molar-refractivity contribution in [1.82, 2.24) is 9.78 Å². The molecular weight excluding hydrogens is 202 g/mol. The molecule has 0 fully saturated rings. The molecular formula is C8H13N3O2S. The Morgan fingerprint density at radius 1 is 1.71 bits per heavy atom. The van der Waals surface area contributed by atoms with Crippen LogP contribution in [0.1, 0.15) is 23.7 Å². The molecule has 1 aromatic rings. The van der Waals surface area contributed by atoms with Crippen molar-refractivity contribution < 1.29 is 9.90 Å². The van der Waals surface area contributed by atoms with Gasteiger partial charge in [0.1, 0.15) is 16.4 Å². The van der Waals surface area contributed by atoms with Gasteiger partial charge in [0.25, 0.3) is 0 Å². The first-order chi connectivity index (χ1) is 6.61. The van der Waals surface area contributed by atoms with Gasteiger partial charge in [-0.3, -0.25) is 0 Å². The number of hydrogen-bond donors (Lipinski definition) is 2. The van der Waals surface area contributed by atoms with E-state index in [0.29, 0.717) is 11.6 Å². The molecule has 0 atom stereocenters. The van der Waals surface area contributed by atoms with E-state index in [9.17, 15) is 4.79 Å². The number of anilines is 1. The number of hydrogen-bond acceptors (Lipinski definition) is 4. The number of nitrogens with zero attached hydrogens (tertiary/aromatic N) is 2. The summed E-state index contributed by atoms with van der Waals surface area (Å²) >= 11 is 1.29. The molecule has 0 amide bonds. The first kappa shape index (κ1) is 10.9. The fourth-order valence-electron chi connectivity index (χ4n) is 1.18. The Morgan fingerprint density at radius 3 is 2.71 bits per heavy atom. The Balaban J connectivity index is 3.18. The van der Waals surface area contributed by atoms with Gasteiger partial charge in [0, 0.05) is 6.54 Å². The monoisotopic (exact) mass is 215 g/mol. The summed E-state index contributed by atoms with van der Waals surface area (Å²) in [6.45, 7) is 2.63. The highest BCUT2D eigenvalue weighted by Crippen LogP contribution is 2.24. The Kier molecular flexibility index (Phi) is 3.40. The third kappa shape index (κ3) is 1.84. The van der Waals surface area contributed by atoms with E-state index < -0.39 is 5.97 Å². The van der Waals surface area contributed by atoms with Crippen LogP contribution in [0.3, 0.4) is 0 Å². The van der Waals surface area contributed by atoms with Crippen molar-refractivity contribution in [2.45, 2.75) is 24.9 Å². The maximum Gasteiger partial charge on any atom is 0.342 e. The van der Waals surface area contributed by atoms with Crippen LogP contribution in [0.25, 0.3) is 0 Å². The SMILES string of the molecule is CCCn1nc(SC)c(C(=O)O)c1N. The average Bonchev–Trinajstić information content (AvgIpc) is 2.44. The molecule has 78 valence electrons. The Morgan fingerprint density at radius 2 is 2.36 bits per heavy atom. The summed E-state index contributed by atoms with van der Waals surface area (Å²) in [7, 11) is 0. The van der Waals surface area contributed by atoms with Crippen molar-refractivity contribution in [3.63, 3.8) is 0 Å². The maximum absolute atomic E-state index is 10.9. The Hall–Kier alpha value is -1.17. The summed E-state index contributed by atoms with van der Waals surface area (Å²) in [6, 6.07) is 0. The van der Waals surface area contributed by atoms with E-state index in [1.54, 1.807) is 6.26 Å². The zero-order valence-corrected chi connectivity index (χ0v) is 8.97. The summed E-state index contributed by atoms with van der Waals surface area (Å²) in [6.07, 6.45) is 2.66. The smallest absolute Gasteiger partial charge is 0.342 e. The predicted molar refractivity (Wildman–Crippen MR) is 55.7 cm³/mol. The fourth-order valence-corrected chi connectivity index (χ4v) is 1.75. The number of aromatic nitrogens is 2. The van der Waals surface area contributed by atoms with Gasteiger partial charge in [0.2, 0.25) is 0 Å². The minimum atomic E-state index is -1.02. The summed E-state index contributed by atoms with van der Waals surface area (Å²) in [5.41, 5.74) is 5.79. The molecule has 3 N–H and O–H groups in total. The number of carbonyl (C=O) groups is 1. The summed E-state index contributed by atoms with van der Waals surface area (Å²) in [4.78, 5) is 10.9. The van der Waals surface area contributed by atoms with E-state index in [0.717, 1.165) is 6.42 Å². The Labute approximate surface area is 86.3 Å². The molecule has 0 aromatic carbocycles. The number of nitrogens with two attached hydrogens (primary N) is 1. The summed E-state index contributed by atoms with van der Waals surface area (Å²) < 4.78 is 1.54. The minimum absolute atomic E-state index is 0.117. The topological polar surface area (TPSA) is 81.1 Å². The molecule has 0 saturated carbocycles. The van der Waals surface area contributed by atoms with E-state index in [2.05, 4.69) is 5.10 Å². The van der Waals surface area contributed by atoms with Crippen LogP contribution in [0.5, 0.6) is 0 Å². The molecule has 0 aliphatic rings. The van der Waals surface area contributed by atoms with Crippen LogP contribution in [0, 0.1) is 0 Å². The van der Waals surface area contributed by atoms with Crippen molar-refractivity contribution in [1.29, 1.82) is 0 Å². The molecule has 6 heteroatoms. The van der Waals surface area contributed by atoms with Gasteiger partial charge in [-0.15, -0.1) is 11.8 Å². The van der Waals surface area contributed by atoms with Crippen molar-refractivity contribution in [2.24, 2.45) is 0 Å². The third-order valence-electron chi connectivity index (χ3n) is 1.80. The lowest BCUT2D eigenvalue weighted by Gasteiger charge is -1.99. The van der Waals surface area contributed by atoms with E-state index in [-0.39, 0.29) is 11.4 Å². The third-order valence-corrected chi connectivity index (χ3v) is 2.47. The number of aryl methyl sites for hydroxylation is 1. The lowest BCUT2D eigenvalue weighted by molar-refractivity contribution is 0.0694. The van der Waals surface area contributed by atoms with Crippen LogP contribution in [0.4, 0.5) is 5.82 Å². The highest BCUT2D eigenvalue weighted by molar-refractivity contribution is 7.98. The zero-order valence-electron chi connectivity index (χ0n) is 8.15. The molecule has 1 aromatic heterocycles. The lowest BCUT2D eigenvalue weighted by atomic mass is 10.3. The van der Waals surface area contributed by atoms with Crippen LogP contribution in [0.2, 0.25) is 0 Å². The van der Waals surface area contributed by atoms with Crippen LogP contribution in [-0.4, -0.2) is 27.1 Å². The van der Waals surface area contributed by atoms with Gasteiger partial charge in [-0.1, -0.05) is 6.92 Å². The van der Waals surface area contributed by atoms with Gasteiger partial charge in [-0.25, -0.2) is 9.48 Å².